The van der Waals surface area contributed by atoms with Crippen LogP contribution in [0.2, 0.25) is 0 Å². The molecule has 0 fully saturated rings. The Morgan fingerprint density at radius 1 is 1.16 bits per heavy atom. The highest BCUT2D eigenvalue weighted by Gasteiger charge is 2.09. The molecule has 0 saturated carbocycles. The van der Waals surface area contributed by atoms with Gasteiger partial charge in [0.1, 0.15) is 5.75 Å². The Bertz CT molecular complexity index is 584. The van der Waals surface area contributed by atoms with Crippen LogP contribution in [-0.2, 0) is 11.2 Å². The summed E-state index contributed by atoms with van der Waals surface area (Å²) in [6.45, 7) is 0. The first kappa shape index (κ1) is 13.6. The van der Waals surface area contributed by atoms with Gasteiger partial charge in [-0.2, -0.15) is 0 Å². The minimum atomic E-state index is -0.0728. The number of benzene rings is 2. The first-order chi connectivity index (χ1) is 9.20. The third kappa shape index (κ3) is 3.58. The average molecular weight is 320 g/mol. The lowest BCUT2D eigenvalue weighted by Gasteiger charge is -2.10. The minimum Gasteiger partial charge on any atom is -0.495 e. The van der Waals surface area contributed by atoms with Gasteiger partial charge >= 0.3 is 0 Å². The van der Waals surface area contributed by atoms with Crippen LogP contribution in [0, 0.1) is 0 Å². The molecule has 2 rings (SSSR count). The van der Waals surface area contributed by atoms with Crippen molar-refractivity contribution in [3.05, 3.63) is 58.6 Å². The smallest absolute Gasteiger partial charge is 0.228 e. The van der Waals surface area contributed by atoms with E-state index in [0.29, 0.717) is 17.9 Å². The summed E-state index contributed by atoms with van der Waals surface area (Å²) in [5.41, 5.74) is 1.64. The lowest BCUT2D eigenvalue weighted by Crippen LogP contribution is -2.15. The van der Waals surface area contributed by atoms with Gasteiger partial charge in [0.2, 0.25) is 5.91 Å². The molecule has 0 aliphatic rings. The summed E-state index contributed by atoms with van der Waals surface area (Å²) in [6, 6.07) is 15.0. The second kappa shape index (κ2) is 6.38. The molecule has 0 aliphatic heterocycles. The number of carbonyl (C=O) groups excluding carboxylic acids is 1. The van der Waals surface area contributed by atoms with E-state index in [-0.39, 0.29) is 5.91 Å². The Morgan fingerprint density at radius 3 is 2.58 bits per heavy atom. The van der Waals surface area contributed by atoms with E-state index in [9.17, 15) is 4.79 Å². The van der Waals surface area contributed by atoms with Gasteiger partial charge in [0, 0.05) is 4.47 Å². The molecule has 0 spiro atoms. The highest BCUT2D eigenvalue weighted by Crippen LogP contribution is 2.23. The van der Waals surface area contributed by atoms with Crippen LogP contribution in [0.3, 0.4) is 0 Å². The number of para-hydroxylation sites is 2. The van der Waals surface area contributed by atoms with E-state index < -0.39 is 0 Å². The van der Waals surface area contributed by atoms with Crippen molar-refractivity contribution in [1.29, 1.82) is 0 Å². The van der Waals surface area contributed by atoms with Crippen LogP contribution in [-0.4, -0.2) is 13.0 Å². The Morgan fingerprint density at radius 2 is 1.84 bits per heavy atom. The van der Waals surface area contributed by atoms with Gasteiger partial charge in [-0.3, -0.25) is 4.79 Å². The van der Waals surface area contributed by atoms with Gasteiger partial charge in [-0.25, -0.2) is 0 Å². The van der Waals surface area contributed by atoms with E-state index in [1.54, 1.807) is 7.11 Å². The van der Waals surface area contributed by atoms with Crippen molar-refractivity contribution < 1.29 is 9.53 Å². The molecule has 1 N–H and O–H groups in total. The van der Waals surface area contributed by atoms with Crippen molar-refractivity contribution in [3.8, 4) is 5.75 Å². The van der Waals surface area contributed by atoms with Crippen LogP contribution in [0.15, 0.2) is 53.0 Å². The molecule has 0 unspecified atom stereocenters. The van der Waals surface area contributed by atoms with Crippen LogP contribution >= 0.6 is 15.9 Å². The molecule has 2 aromatic carbocycles. The number of methoxy groups -OCH3 is 1. The summed E-state index contributed by atoms with van der Waals surface area (Å²) in [4.78, 5) is 12.0. The molecule has 0 saturated heterocycles. The average Bonchev–Trinajstić information content (AvgIpc) is 2.42. The van der Waals surface area contributed by atoms with E-state index in [2.05, 4.69) is 21.2 Å². The predicted molar refractivity (Wildman–Crippen MR) is 79.5 cm³/mol. The highest BCUT2D eigenvalue weighted by atomic mass is 79.9. The lowest BCUT2D eigenvalue weighted by atomic mass is 10.1. The maximum Gasteiger partial charge on any atom is 0.228 e. The Hall–Kier alpha value is -1.81. The second-order valence-corrected chi connectivity index (χ2v) is 4.87. The normalized spacial score (nSPS) is 10.0. The molecule has 0 aliphatic carbocycles. The quantitative estimate of drug-likeness (QED) is 0.934. The Kier molecular flexibility index (Phi) is 4.58. The SMILES string of the molecule is COc1ccccc1NC(=O)Cc1ccccc1Br. The first-order valence-corrected chi connectivity index (χ1v) is 6.66. The fourth-order valence-electron chi connectivity index (χ4n) is 1.76. The third-order valence-corrected chi connectivity index (χ3v) is 3.46. The van der Waals surface area contributed by atoms with Crippen molar-refractivity contribution >= 4 is 27.5 Å². The number of amides is 1. The van der Waals surface area contributed by atoms with Gasteiger partial charge in [-0.1, -0.05) is 46.3 Å². The van der Waals surface area contributed by atoms with Crippen LogP contribution in [0.4, 0.5) is 5.69 Å². The molecular weight excluding hydrogens is 306 g/mol. The van der Waals surface area contributed by atoms with Gasteiger partial charge in [0.15, 0.2) is 0 Å². The molecule has 0 atom stereocenters. The lowest BCUT2D eigenvalue weighted by molar-refractivity contribution is -0.115. The van der Waals surface area contributed by atoms with Gasteiger partial charge in [0.25, 0.3) is 0 Å². The zero-order valence-electron chi connectivity index (χ0n) is 10.5. The topological polar surface area (TPSA) is 38.3 Å². The fraction of sp³-hybridized carbons (Fsp3) is 0.133. The van der Waals surface area contributed by atoms with Crippen molar-refractivity contribution in [2.45, 2.75) is 6.42 Å². The number of nitrogens with one attached hydrogen (secondary N) is 1. The number of halogens is 1. The van der Waals surface area contributed by atoms with Crippen LogP contribution in [0.1, 0.15) is 5.56 Å². The summed E-state index contributed by atoms with van der Waals surface area (Å²) in [7, 11) is 1.58. The van der Waals surface area contributed by atoms with E-state index in [4.69, 9.17) is 4.74 Å². The van der Waals surface area contributed by atoms with Crippen molar-refractivity contribution in [1.82, 2.24) is 0 Å². The van der Waals surface area contributed by atoms with Crippen LogP contribution in [0.25, 0.3) is 0 Å². The zero-order valence-corrected chi connectivity index (χ0v) is 12.1. The van der Waals surface area contributed by atoms with E-state index in [1.807, 2.05) is 48.5 Å². The molecule has 19 heavy (non-hydrogen) atoms. The number of hydrogen-bond donors (Lipinski definition) is 1. The van der Waals surface area contributed by atoms with Gasteiger partial charge in [0.05, 0.1) is 19.2 Å². The monoisotopic (exact) mass is 319 g/mol. The number of rotatable bonds is 4. The van der Waals surface area contributed by atoms with Crippen molar-refractivity contribution in [2.24, 2.45) is 0 Å². The van der Waals surface area contributed by atoms with Crippen LogP contribution in [0.5, 0.6) is 5.75 Å². The molecule has 0 heterocycles. The molecule has 4 heteroatoms. The Labute approximate surface area is 120 Å². The Balaban J connectivity index is 2.08. The summed E-state index contributed by atoms with van der Waals surface area (Å²) >= 11 is 3.43. The molecule has 0 radical (unpaired) electrons. The zero-order chi connectivity index (χ0) is 13.7. The largest absolute Gasteiger partial charge is 0.495 e. The van der Waals surface area contributed by atoms with Gasteiger partial charge in [-0.15, -0.1) is 0 Å². The number of anilines is 1. The predicted octanol–water partition coefficient (Wildman–Crippen LogP) is 3.64. The molecule has 0 bridgehead atoms. The fourth-order valence-corrected chi connectivity index (χ4v) is 2.18. The molecule has 0 aromatic heterocycles. The summed E-state index contributed by atoms with van der Waals surface area (Å²) in [5.74, 6) is 0.583. The minimum absolute atomic E-state index is 0.0728. The molecule has 3 nitrogen and oxygen atoms in total. The highest BCUT2D eigenvalue weighted by molar-refractivity contribution is 9.10. The molecular formula is C15H14BrNO2. The maximum atomic E-state index is 12.0. The second-order valence-electron chi connectivity index (χ2n) is 4.02. The molecule has 98 valence electrons. The first-order valence-electron chi connectivity index (χ1n) is 5.87. The molecule has 1 amide bonds. The van der Waals surface area contributed by atoms with Gasteiger partial charge < -0.3 is 10.1 Å². The number of ether oxygens (including phenoxy) is 1. The van der Waals surface area contributed by atoms with E-state index in [1.165, 1.54) is 0 Å². The van der Waals surface area contributed by atoms with Crippen molar-refractivity contribution in [2.75, 3.05) is 12.4 Å². The standard InChI is InChI=1S/C15H14BrNO2/c1-19-14-9-5-4-8-13(14)17-15(18)10-11-6-2-3-7-12(11)16/h2-9H,10H2,1H3,(H,17,18). The molecule has 2 aromatic rings. The van der Waals surface area contributed by atoms with Crippen LogP contribution < -0.4 is 10.1 Å². The van der Waals surface area contributed by atoms with Gasteiger partial charge in [-0.05, 0) is 23.8 Å². The maximum absolute atomic E-state index is 12.0. The summed E-state index contributed by atoms with van der Waals surface area (Å²) < 4.78 is 6.13. The van der Waals surface area contributed by atoms with E-state index in [0.717, 1.165) is 10.0 Å². The number of carbonyl (C=O) groups is 1. The summed E-state index contributed by atoms with van der Waals surface area (Å²) in [5, 5.41) is 2.85. The van der Waals surface area contributed by atoms with E-state index >= 15 is 0 Å². The number of hydrogen-bond acceptors (Lipinski definition) is 2. The third-order valence-electron chi connectivity index (χ3n) is 2.69. The summed E-state index contributed by atoms with van der Waals surface area (Å²) in [6.07, 6.45) is 0.319. The van der Waals surface area contributed by atoms with Crippen molar-refractivity contribution in [3.63, 3.8) is 0 Å².